The van der Waals surface area contributed by atoms with E-state index in [1.54, 1.807) is 23.5 Å². The number of ether oxygens (including phenoxy) is 1. The summed E-state index contributed by atoms with van der Waals surface area (Å²) in [6, 6.07) is 15.1. The van der Waals surface area contributed by atoms with E-state index < -0.39 is 0 Å². The van der Waals surface area contributed by atoms with Gasteiger partial charge in [0.15, 0.2) is 0 Å². The molecule has 0 amide bonds. The molecule has 2 aromatic carbocycles. The molecule has 0 saturated carbocycles. The maximum absolute atomic E-state index is 9.55. The number of rotatable bonds is 2. The third kappa shape index (κ3) is 2.55. The normalized spacial score (nSPS) is 21.0. The third-order valence-corrected chi connectivity index (χ3v) is 5.72. The van der Waals surface area contributed by atoms with Crippen LogP contribution in [0.25, 0.3) is 0 Å². The van der Waals surface area contributed by atoms with E-state index in [9.17, 15) is 5.11 Å². The highest BCUT2D eigenvalue weighted by atomic mass is 35.5. The van der Waals surface area contributed by atoms with Gasteiger partial charge in [-0.15, -0.1) is 0 Å². The summed E-state index contributed by atoms with van der Waals surface area (Å²) in [5, 5.41) is 21.3. The van der Waals surface area contributed by atoms with Crippen molar-refractivity contribution in [1.82, 2.24) is 5.01 Å². The van der Waals surface area contributed by atoms with Crippen molar-refractivity contribution in [2.45, 2.75) is 18.7 Å². The predicted octanol–water partition coefficient (Wildman–Crippen LogP) is 5.35. The Hall–Kier alpha value is -2.50. The number of hydrogen-bond acceptors (Lipinski definition) is 5. The molecule has 0 radical (unpaired) electrons. The Kier molecular flexibility index (Phi) is 3.65. The molecule has 0 aliphatic carbocycles. The van der Waals surface area contributed by atoms with Crippen molar-refractivity contribution in [1.29, 1.82) is 0 Å². The minimum atomic E-state index is -0.255. The van der Waals surface area contributed by atoms with E-state index in [4.69, 9.17) is 21.4 Å². The Morgan fingerprint density at radius 1 is 1.15 bits per heavy atom. The Morgan fingerprint density at radius 3 is 2.77 bits per heavy atom. The van der Waals surface area contributed by atoms with Crippen LogP contribution in [0.4, 0.5) is 0 Å². The summed E-state index contributed by atoms with van der Waals surface area (Å²) in [6.45, 7) is 0. The van der Waals surface area contributed by atoms with Crippen molar-refractivity contribution in [3.05, 3.63) is 81.0 Å². The van der Waals surface area contributed by atoms with Gasteiger partial charge in [-0.05, 0) is 64.9 Å². The quantitative estimate of drug-likeness (QED) is 0.649. The number of halogens is 1. The molecule has 5 rings (SSSR count). The van der Waals surface area contributed by atoms with Gasteiger partial charge in [0.2, 0.25) is 6.23 Å². The van der Waals surface area contributed by atoms with Crippen LogP contribution in [0.15, 0.2) is 64.4 Å². The highest BCUT2D eigenvalue weighted by Gasteiger charge is 2.41. The number of phenols is 1. The molecule has 3 heterocycles. The molecule has 26 heavy (non-hydrogen) atoms. The molecule has 0 saturated heterocycles. The van der Waals surface area contributed by atoms with Crippen molar-refractivity contribution in [3.63, 3.8) is 0 Å². The molecule has 6 heteroatoms. The molecule has 2 atom stereocenters. The van der Waals surface area contributed by atoms with E-state index in [1.807, 2.05) is 40.7 Å². The lowest BCUT2D eigenvalue weighted by Crippen LogP contribution is -2.33. The summed E-state index contributed by atoms with van der Waals surface area (Å²) >= 11 is 7.88. The summed E-state index contributed by atoms with van der Waals surface area (Å²) in [7, 11) is 0. The van der Waals surface area contributed by atoms with Crippen LogP contribution in [0.5, 0.6) is 11.5 Å². The van der Waals surface area contributed by atoms with Crippen LogP contribution in [-0.2, 0) is 0 Å². The molecular weight excluding hydrogens is 368 g/mol. The van der Waals surface area contributed by atoms with Gasteiger partial charge in [0.1, 0.15) is 11.5 Å². The Morgan fingerprint density at radius 2 is 2.00 bits per heavy atom. The minimum Gasteiger partial charge on any atom is -0.508 e. The number of hydrogen-bond donors (Lipinski definition) is 1. The second-order valence-electron chi connectivity index (χ2n) is 6.40. The lowest BCUT2D eigenvalue weighted by molar-refractivity contribution is -0.0187. The molecule has 3 aromatic rings. The summed E-state index contributed by atoms with van der Waals surface area (Å²) < 4.78 is 6.28. The van der Waals surface area contributed by atoms with E-state index in [1.165, 1.54) is 0 Å². The first-order valence-corrected chi connectivity index (χ1v) is 9.64. The number of nitrogens with zero attached hydrogens (tertiary/aromatic N) is 2. The molecule has 1 aromatic heterocycles. The van der Waals surface area contributed by atoms with E-state index in [-0.39, 0.29) is 18.0 Å². The van der Waals surface area contributed by atoms with Crippen molar-refractivity contribution in [2.75, 3.05) is 0 Å². The summed E-state index contributed by atoms with van der Waals surface area (Å²) in [6.07, 6.45) is 0.511. The molecular formula is C20H15ClN2O2S. The van der Waals surface area contributed by atoms with Gasteiger partial charge in [-0.25, -0.2) is 5.01 Å². The predicted molar refractivity (Wildman–Crippen MR) is 103 cm³/mol. The van der Waals surface area contributed by atoms with Crippen LogP contribution in [0, 0.1) is 0 Å². The molecule has 0 unspecified atom stereocenters. The van der Waals surface area contributed by atoms with E-state index in [0.29, 0.717) is 5.02 Å². The molecule has 0 spiro atoms. The number of fused-ring (bicyclic) bond motifs is 3. The lowest BCUT2D eigenvalue weighted by Gasteiger charge is -2.37. The maximum Gasteiger partial charge on any atom is 0.214 e. The van der Waals surface area contributed by atoms with Gasteiger partial charge in [0.25, 0.3) is 0 Å². The van der Waals surface area contributed by atoms with Crippen molar-refractivity contribution in [3.8, 4) is 11.5 Å². The number of benzene rings is 2. The first-order chi connectivity index (χ1) is 12.7. The standard InChI is InChI=1S/C20H15ClN2O2S/c21-14-3-6-19-16(9-14)18-10-17(12-1-4-15(24)5-2-12)22-23(18)20(25-19)13-7-8-26-11-13/h1-9,11,18,20,24H,10H2/t18-,20-/m1/s1. The van der Waals surface area contributed by atoms with Crippen LogP contribution < -0.4 is 4.74 Å². The van der Waals surface area contributed by atoms with Gasteiger partial charge >= 0.3 is 0 Å². The van der Waals surface area contributed by atoms with Crippen molar-refractivity contribution >= 4 is 28.6 Å². The molecule has 130 valence electrons. The van der Waals surface area contributed by atoms with Gasteiger partial charge in [-0.2, -0.15) is 16.4 Å². The van der Waals surface area contributed by atoms with Gasteiger partial charge < -0.3 is 9.84 Å². The van der Waals surface area contributed by atoms with Crippen LogP contribution in [0.3, 0.4) is 0 Å². The number of phenolic OH excluding ortho intramolecular Hbond substituents is 1. The van der Waals surface area contributed by atoms with Gasteiger partial charge in [-0.1, -0.05) is 11.6 Å². The van der Waals surface area contributed by atoms with Crippen molar-refractivity contribution < 1.29 is 9.84 Å². The van der Waals surface area contributed by atoms with E-state index >= 15 is 0 Å². The minimum absolute atomic E-state index is 0.0751. The molecule has 1 N–H and O–H groups in total. The second kappa shape index (κ2) is 6.04. The average Bonchev–Trinajstić information content (AvgIpc) is 3.32. The number of aromatic hydroxyl groups is 1. The molecule has 0 bridgehead atoms. The van der Waals surface area contributed by atoms with Crippen molar-refractivity contribution in [2.24, 2.45) is 5.10 Å². The van der Waals surface area contributed by atoms with Gasteiger partial charge in [0.05, 0.1) is 11.8 Å². The fraction of sp³-hybridized carbons (Fsp3) is 0.150. The largest absolute Gasteiger partial charge is 0.508 e. The molecule has 4 nitrogen and oxygen atoms in total. The highest BCUT2D eigenvalue weighted by Crippen LogP contribution is 2.48. The summed E-state index contributed by atoms with van der Waals surface area (Å²) in [5.74, 6) is 1.11. The second-order valence-corrected chi connectivity index (χ2v) is 7.62. The Bertz CT molecular complexity index is 986. The zero-order chi connectivity index (χ0) is 17.7. The fourth-order valence-corrected chi connectivity index (χ4v) is 4.37. The topological polar surface area (TPSA) is 45.1 Å². The fourth-order valence-electron chi connectivity index (χ4n) is 3.52. The number of thiophene rings is 1. The van der Waals surface area contributed by atoms with Crippen LogP contribution in [-0.4, -0.2) is 15.8 Å². The number of hydrazone groups is 1. The maximum atomic E-state index is 9.55. The van der Waals surface area contributed by atoms with Crippen LogP contribution in [0.2, 0.25) is 5.02 Å². The molecule has 0 fully saturated rings. The molecule has 2 aliphatic rings. The smallest absolute Gasteiger partial charge is 0.214 e. The molecule has 2 aliphatic heterocycles. The highest BCUT2D eigenvalue weighted by molar-refractivity contribution is 7.07. The van der Waals surface area contributed by atoms with E-state index in [2.05, 4.69) is 11.4 Å². The van der Waals surface area contributed by atoms with Gasteiger partial charge in [0, 0.05) is 22.6 Å². The Balaban J connectivity index is 1.60. The first-order valence-electron chi connectivity index (χ1n) is 8.32. The third-order valence-electron chi connectivity index (χ3n) is 4.78. The summed E-state index contributed by atoms with van der Waals surface area (Å²) in [4.78, 5) is 0. The monoisotopic (exact) mass is 382 g/mol. The lowest BCUT2D eigenvalue weighted by atomic mass is 9.96. The first kappa shape index (κ1) is 15.7. The average molecular weight is 383 g/mol. The zero-order valence-electron chi connectivity index (χ0n) is 13.7. The zero-order valence-corrected chi connectivity index (χ0v) is 15.2. The Labute approximate surface area is 159 Å². The SMILES string of the molecule is Oc1ccc(C2=NN3[C@H](C2)c2cc(Cl)ccc2O[C@@H]3c2ccsc2)cc1. The van der Waals surface area contributed by atoms with Crippen LogP contribution >= 0.6 is 22.9 Å². The van der Waals surface area contributed by atoms with E-state index in [0.717, 1.165) is 34.6 Å². The van der Waals surface area contributed by atoms with Gasteiger partial charge in [-0.3, -0.25) is 0 Å². The van der Waals surface area contributed by atoms with Crippen LogP contribution in [0.1, 0.15) is 35.4 Å². The summed E-state index contributed by atoms with van der Waals surface area (Å²) in [5.41, 5.74) is 4.13.